The minimum atomic E-state index is -4.21. The van der Waals surface area contributed by atoms with Crippen molar-refractivity contribution in [2.75, 3.05) is 20.3 Å². The Balaban J connectivity index is 1.35. The van der Waals surface area contributed by atoms with Crippen molar-refractivity contribution >= 4 is 44.4 Å². The highest BCUT2D eigenvalue weighted by Gasteiger charge is 2.63. The Bertz CT molecular complexity index is 1950. The number of aromatic nitrogens is 1. The highest BCUT2D eigenvalue weighted by atomic mass is 32.2. The summed E-state index contributed by atoms with van der Waals surface area (Å²) in [5.41, 5.74) is -2.11. The van der Waals surface area contributed by atoms with Gasteiger partial charge in [0.15, 0.2) is 5.78 Å². The van der Waals surface area contributed by atoms with Gasteiger partial charge in [-0.05, 0) is 83.1 Å². The molecule has 300 valence electrons. The highest BCUT2D eigenvalue weighted by Crippen LogP contribution is 2.58. The Labute approximate surface area is 323 Å². The van der Waals surface area contributed by atoms with Crippen LogP contribution in [0.3, 0.4) is 0 Å². The Morgan fingerprint density at radius 2 is 1.80 bits per heavy atom. The molecule has 2 aliphatic carbocycles. The average molecular weight is 782 g/mol. The topological polar surface area (TPSA) is 178 Å². The molecule has 4 aliphatic rings. The van der Waals surface area contributed by atoms with Gasteiger partial charge in [-0.25, -0.2) is 13.4 Å². The first-order valence-electron chi connectivity index (χ1n) is 19.4. The summed E-state index contributed by atoms with van der Waals surface area (Å²) in [7, 11) is -2.66. The number of ether oxygens (including phenoxy) is 3. The van der Waals surface area contributed by atoms with Gasteiger partial charge in [0.25, 0.3) is 0 Å². The van der Waals surface area contributed by atoms with E-state index in [1.54, 1.807) is 34.1 Å². The lowest BCUT2D eigenvalue weighted by Gasteiger charge is -2.32. The van der Waals surface area contributed by atoms with Gasteiger partial charge in [-0.3, -0.25) is 23.9 Å². The fourth-order valence-corrected chi connectivity index (χ4v) is 9.87. The van der Waals surface area contributed by atoms with Crippen LogP contribution in [0.15, 0.2) is 42.6 Å². The number of rotatable bonds is 9. The van der Waals surface area contributed by atoms with E-state index in [0.29, 0.717) is 29.9 Å². The van der Waals surface area contributed by atoms with E-state index < -0.39 is 68.1 Å². The molecule has 3 heterocycles. The number of hydrogen-bond acceptors (Lipinski definition) is 11. The molecule has 3 fully saturated rings. The maximum atomic E-state index is 14.8. The number of benzene rings is 1. The van der Waals surface area contributed by atoms with Gasteiger partial charge in [0, 0.05) is 23.6 Å². The maximum absolute atomic E-state index is 14.8. The fourth-order valence-electron chi connectivity index (χ4n) is 8.39. The number of Topliss-reactive ketones (excluding diaryl/α,β-unsaturated/α-hetero) is 1. The number of amides is 2. The number of aliphatic hydroxyl groups is 1. The summed E-state index contributed by atoms with van der Waals surface area (Å²) in [5.74, 6) is -2.42. The fraction of sp³-hybridized carbons (Fsp3) is 0.634. The van der Waals surface area contributed by atoms with Crippen LogP contribution in [0.2, 0.25) is 0 Å². The van der Waals surface area contributed by atoms with Crippen molar-refractivity contribution in [3.8, 4) is 11.6 Å². The van der Waals surface area contributed by atoms with Gasteiger partial charge < -0.3 is 24.2 Å². The van der Waals surface area contributed by atoms with E-state index >= 15 is 0 Å². The van der Waals surface area contributed by atoms with Gasteiger partial charge in [0.05, 0.1) is 50.3 Å². The van der Waals surface area contributed by atoms with Crippen molar-refractivity contribution in [3.63, 3.8) is 0 Å². The number of esters is 1. The van der Waals surface area contributed by atoms with E-state index in [1.807, 2.05) is 43.3 Å². The van der Waals surface area contributed by atoms with E-state index in [9.17, 15) is 32.7 Å². The molecule has 6 rings (SSSR count). The zero-order chi connectivity index (χ0) is 39.9. The molecule has 2 saturated carbocycles. The number of pyridine rings is 1. The molecule has 2 amide bonds. The number of aliphatic hydroxyl groups excluding tert-OH is 1. The first-order valence-corrected chi connectivity index (χ1v) is 20.9. The SMILES string of the molecule is COc1cnc(O[C@@H]2C[C@H]3C(=O)C[C@]4(C(=O)NS(=O)(=O)C5(CO)CC5)C[C@H]4/C=C\CC[C@@H](C)C[C@@H](C)[C@H](CC(=O)OC(C)(C)C)C(=O)N3C2)c2ccccc12. The summed E-state index contributed by atoms with van der Waals surface area (Å²) in [6, 6.07) is 6.44. The van der Waals surface area contributed by atoms with Crippen molar-refractivity contribution in [2.45, 2.75) is 115 Å². The summed E-state index contributed by atoms with van der Waals surface area (Å²) in [5, 5.41) is 11.3. The normalized spacial score (nSPS) is 30.3. The van der Waals surface area contributed by atoms with E-state index in [4.69, 9.17) is 14.2 Å². The predicted molar refractivity (Wildman–Crippen MR) is 204 cm³/mol. The molecule has 0 spiro atoms. The summed E-state index contributed by atoms with van der Waals surface area (Å²) in [4.78, 5) is 62.8. The minimum Gasteiger partial charge on any atom is -0.494 e. The van der Waals surface area contributed by atoms with Gasteiger partial charge in [0.2, 0.25) is 27.7 Å². The second-order valence-electron chi connectivity index (χ2n) is 17.3. The Morgan fingerprint density at radius 1 is 1.09 bits per heavy atom. The molecule has 55 heavy (non-hydrogen) atoms. The predicted octanol–water partition coefficient (Wildman–Crippen LogP) is 4.89. The van der Waals surface area contributed by atoms with Crippen molar-refractivity contribution in [3.05, 3.63) is 42.6 Å². The number of methoxy groups -OCH3 is 1. The van der Waals surface area contributed by atoms with Gasteiger partial charge in [-0.2, -0.15) is 0 Å². The van der Waals surface area contributed by atoms with Gasteiger partial charge in [0.1, 0.15) is 22.2 Å². The number of carbonyl (C=O) groups excluding carboxylic acids is 4. The second kappa shape index (κ2) is 15.5. The van der Waals surface area contributed by atoms with Crippen LogP contribution in [0.1, 0.15) is 92.4 Å². The van der Waals surface area contributed by atoms with Crippen LogP contribution in [0.5, 0.6) is 11.6 Å². The number of nitrogens with one attached hydrogen (secondary N) is 1. The molecular weight excluding hydrogens is 727 g/mol. The standard InChI is InChI=1S/C41H55N3O10S/c1-25-11-7-8-12-27-20-41(27,38(49)43-55(50,51)40(24-45)15-16-40)21-33(46)32-18-28(53-36-30-14-10-9-13-29(30)34(52-6)22-42-36)23-44(32)37(48)31(26(2)17-25)19-35(47)54-39(3,4)5/h8-10,12-14,22,25-28,31-32,45H,7,11,15-21,23-24H2,1-6H3,(H,43,49)/b12-8-/t25-,26-,27-,28-,31+,32+,41-/m1/s1. The van der Waals surface area contributed by atoms with E-state index in [0.717, 1.165) is 11.8 Å². The smallest absolute Gasteiger partial charge is 0.307 e. The quantitative estimate of drug-likeness (QED) is 0.262. The number of allylic oxidation sites excluding steroid dienone is 2. The van der Waals surface area contributed by atoms with E-state index in [-0.39, 0.29) is 68.7 Å². The van der Waals surface area contributed by atoms with Crippen LogP contribution in [-0.4, -0.2) is 89.7 Å². The number of hydrogen-bond donors (Lipinski definition) is 2. The van der Waals surface area contributed by atoms with Gasteiger partial charge in [-0.15, -0.1) is 0 Å². The Hall–Kier alpha value is -4.04. The lowest BCUT2D eigenvalue weighted by molar-refractivity contribution is -0.160. The Kier molecular flexibility index (Phi) is 11.4. The summed E-state index contributed by atoms with van der Waals surface area (Å²) >= 11 is 0. The second-order valence-corrected chi connectivity index (χ2v) is 19.3. The molecule has 0 radical (unpaired) electrons. The van der Waals surface area contributed by atoms with Crippen molar-refractivity contribution < 1.29 is 46.9 Å². The van der Waals surface area contributed by atoms with Crippen molar-refractivity contribution in [1.82, 2.24) is 14.6 Å². The molecule has 2 aromatic rings. The van der Waals surface area contributed by atoms with E-state index in [1.165, 1.54) is 4.90 Å². The molecule has 1 saturated heterocycles. The number of nitrogens with zero attached hydrogens (tertiary/aromatic N) is 2. The molecule has 13 nitrogen and oxygen atoms in total. The van der Waals surface area contributed by atoms with Gasteiger partial charge in [-0.1, -0.05) is 44.2 Å². The third kappa shape index (κ3) is 8.55. The number of ketones is 1. The summed E-state index contributed by atoms with van der Waals surface area (Å²) < 4.78 is 45.1. The zero-order valence-electron chi connectivity index (χ0n) is 32.7. The van der Waals surface area contributed by atoms with E-state index in [2.05, 4.69) is 16.6 Å². The molecular formula is C41H55N3O10S. The van der Waals surface area contributed by atoms with Crippen LogP contribution in [0, 0.1) is 29.1 Å². The third-order valence-corrected chi connectivity index (χ3v) is 14.0. The first-order chi connectivity index (χ1) is 25.9. The largest absolute Gasteiger partial charge is 0.494 e. The Morgan fingerprint density at radius 3 is 2.45 bits per heavy atom. The zero-order valence-corrected chi connectivity index (χ0v) is 33.5. The minimum absolute atomic E-state index is 0.0281. The molecule has 1 aromatic carbocycles. The highest BCUT2D eigenvalue weighted by molar-refractivity contribution is 7.91. The molecule has 2 N–H and O–H groups in total. The van der Waals surface area contributed by atoms with Crippen LogP contribution in [0.4, 0.5) is 0 Å². The van der Waals surface area contributed by atoms with Gasteiger partial charge >= 0.3 is 5.97 Å². The van der Waals surface area contributed by atoms with Crippen LogP contribution in [-0.2, 0) is 33.9 Å². The lowest BCUT2D eigenvalue weighted by Crippen LogP contribution is -2.48. The molecule has 1 aromatic heterocycles. The number of sulfonamides is 1. The molecule has 0 bridgehead atoms. The number of carbonyl (C=O) groups is 4. The summed E-state index contributed by atoms with van der Waals surface area (Å²) in [6.45, 7) is 8.79. The molecule has 0 unspecified atom stereocenters. The van der Waals surface area contributed by atoms with Crippen molar-refractivity contribution in [2.24, 2.45) is 29.1 Å². The monoisotopic (exact) mass is 781 g/mol. The molecule has 7 atom stereocenters. The molecule has 2 aliphatic heterocycles. The third-order valence-electron chi connectivity index (χ3n) is 11.9. The molecule has 14 heteroatoms. The summed E-state index contributed by atoms with van der Waals surface area (Å²) in [6.07, 6.45) is 7.27. The lowest BCUT2D eigenvalue weighted by atomic mass is 9.82. The van der Waals surface area contributed by atoms with Crippen LogP contribution in [0.25, 0.3) is 10.8 Å². The number of fused-ring (bicyclic) bond motifs is 3. The first kappa shape index (κ1) is 40.6. The average Bonchev–Trinajstić information content (AvgIpc) is 4.02. The van der Waals surface area contributed by atoms with Crippen LogP contribution >= 0.6 is 0 Å². The maximum Gasteiger partial charge on any atom is 0.307 e. The van der Waals surface area contributed by atoms with Crippen LogP contribution < -0.4 is 14.2 Å². The van der Waals surface area contributed by atoms with Crippen molar-refractivity contribution in [1.29, 1.82) is 0 Å².